The molecule has 3 heterocycles. The van der Waals surface area contributed by atoms with E-state index in [1.165, 1.54) is 63.8 Å². The van der Waals surface area contributed by atoms with Gasteiger partial charge in [-0.05, 0) is 83.0 Å². The zero-order valence-electron chi connectivity index (χ0n) is 26.7. The molecule has 3 aliphatic rings. The monoisotopic (exact) mass is 663 g/mol. The number of anilines is 2. The van der Waals surface area contributed by atoms with Gasteiger partial charge >= 0.3 is 0 Å². The molecule has 0 saturated carbocycles. The normalized spacial score (nSPS) is 19.4. The van der Waals surface area contributed by atoms with Crippen molar-refractivity contribution in [3.05, 3.63) is 156 Å². The Morgan fingerprint density at radius 2 is 1.53 bits per heavy atom. The molecule has 3 nitrogen and oxygen atoms in total. The first-order valence-corrected chi connectivity index (χ1v) is 18.5. The van der Waals surface area contributed by atoms with Crippen molar-refractivity contribution in [1.29, 1.82) is 0 Å². The molecule has 1 aliphatic heterocycles. The average molecular weight is 664 g/mol. The molecule has 1 spiro atoms. The molecular formula is C44H29N3S2. The number of nitrogens with zero attached hydrogens (tertiary/aromatic N) is 3. The van der Waals surface area contributed by atoms with Crippen molar-refractivity contribution in [2.75, 3.05) is 4.90 Å². The summed E-state index contributed by atoms with van der Waals surface area (Å²) in [5.74, 6) is 2.09. The number of hydrogen-bond acceptors (Lipinski definition) is 5. The van der Waals surface area contributed by atoms with Crippen LogP contribution in [0.3, 0.4) is 0 Å². The number of rotatable bonds is 2. The fourth-order valence-corrected chi connectivity index (χ4v) is 11.2. The molecular weight excluding hydrogens is 635 g/mol. The van der Waals surface area contributed by atoms with Crippen LogP contribution < -0.4 is 4.90 Å². The van der Waals surface area contributed by atoms with Crippen LogP contribution in [0.5, 0.6) is 0 Å². The largest absolute Gasteiger partial charge is 0.301 e. The predicted octanol–water partition coefficient (Wildman–Crippen LogP) is 12.3. The lowest BCUT2D eigenvalue weighted by atomic mass is 9.87. The number of thioether (sulfide) groups is 1. The van der Waals surface area contributed by atoms with Crippen molar-refractivity contribution < 1.29 is 0 Å². The zero-order valence-corrected chi connectivity index (χ0v) is 28.4. The third-order valence-electron chi connectivity index (χ3n) is 10.6. The number of allylic oxidation sites excluding steroid dienone is 2. The highest BCUT2D eigenvalue weighted by Gasteiger charge is 2.54. The summed E-state index contributed by atoms with van der Waals surface area (Å²) in [6, 6.07) is 46.5. The van der Waals surface area contributed by atoms with Gasteiger partial charge in [0.1, 0.15) is 10.7 Å². The van der Waals surface area contributed by atoms with Crippen molar-refractivity contribution in [1.82, 2.24) is 9.97 Å². The molecule has 8 aromatic rings. The fraction of sp³-hybridized carbons (Fsp3) is 0.0909. The van der Waals surface area contributed by atoms with Crippen molar-refractivity contribution in [2.24, 2.45) is 5.92 Å². The van der Waals surface area contributed by atoms with Gasteiger partial charge in [-0.15, -0.1) is 11.3 Å². The van der Waals surface area contributed by atoms with Gasteiger partial charge in [0.25, 0.3) is 0 Å². The topological polar surface area (TPSA) is 29.0 Å². The molecule has 11 rings (SSSR count). The minimum absolute atomic E-state index is 0.417. The third-order valence-corrected chi connectivity index (χ3v) is 13.2. The molecule has 0 bridgehead atoms. The van der Waals surface area contributed by atoms with Gasteiger partial charge < -0.3 is 4.90 Å². The van der Waals surface area contributed by atoms with Crippen molar-refractivity contribution in [2.45, 2.75) is 23.1 Å². The van der Waals surface area contributed by atoms with E-state index in [2.05, 4.69) is 151 Å². The van der Waals surface area contributed by atoms with Crippen LogP contribution in [0.4, 0.5) is 11.5 Å². The maximum Gasteiger partial charge on any atom is 0.162 e. The molecule has 5 heteroatoms. The lowest BCUT2D eigenvalue weighted by Gasteiger charge is -2.48. The van der Waals surface area contributed by atoms with Crippen LogP contribution >= 0.6 is 23.1 Å². The molecule has 6 aromatic carbocycles. The van der Waals surface area contributed by atoms with E-state index in [4.69, 9.17) is 9.97 Å². The Hall–Kier alpha value is -5.23. The minimum Gasteiger partial charge on any atom is -0.301 e. The van der Waals surface area contributed by atoms with Gasteiger partial charge in [0.05, 0.1) is 11.2 Å². The second-order valence-corrected chi connectivity index (χ2v) is 15.6. The minimum atomic E-state index is -0.554. The first-order chi connectivity index (χ1) is 24.2. The van der Waals surface area contributed by atoms with Crippen LogP contribution in [0.2, 0.25) is 0 Å². The van der Waals surface area contributed by atoms with Crippen LogP contribution in [0.25, 0.3) is 58.8 Å². The van der Waals surface area contributed by atoms with E-state index in [0.717, 1.165) is 34.5 Å². The van der Waals surface area contributed by atoms with Gasteiger partial charge in [-0.2, -0.15) is 0 Å². The molecule has 2 unspecified atom stereocenters. The second-order valence-electron chi connectivity index (χ2n) is 13.3. The van der Waals surface area contributed by atoms with Crippen LogP contribution in [-0.2, 0) is 4.87 Å². The lowest BCUT2D eigenvalue weighted by molar-refractivity contribution is 0.720. The Balaban J connectivity index is 1.25. The number of benzene rings is 6. The Kier molecular flexibility index (Phi) is 5.73. The summed E-state index contributed by atoms with van der Waals surface area (Å²) < 4.78 is 2.58. The first-order valence-electron chi connectivity index (χ1n) is 16.9. The van der Waals surface area contributed by atoms with E-state index in [1.54, 1.807) is 0 Å². The molecule has 2 aromatic heterocycles. The summed E-state index contributed by atoms with van der Waals surface area (Å²) in [6.07, 6.45) is 5.82. The summed E-state index contributed by atoms with van der Waals surface area (Å²) in [7, 11) is 0. The van der Waals surface area contributed by atoms with Crippen molar-refractivity contribution >= 4 is 82.0 Å². The number of para-hydroxylation sites is 1. The van der Waals surface area contributed by atoms with Gasteiger partial charge in [0.15, 0.2) is 5.82 Å². The maximum absolute atomic E-state index is 5.63. The van der Waals surface area contributed by atoms with Crippen LogP contribution in [0.1, 0.15) is 24.5 Å². The van der Waals surface area contributed by atoms with E-state index in [0.29, 0.717) is 5.92 Å². The van der Waals surface area contributed by atoms with Gasteiger partial charge in [0, 0.05) is 47.0 Å². The second kappa shape index (κ2) is 10.1. The third kappa shape index (κ3) is 3.75. The Morgan fingerprint density at radius 1 is 0.735 bits per heavy atom. The molecule has 0 radical (unpaired) electrons. The molecule has 2 atom stereocenters. The van der Waals surface area contributed by atoms with Crippen molar-refractivity contribution in [3.63, 3.8) is 0 Å². The fourth-order valence-electron chi connectivity index (χ4n) is 8.50. The highest BCUT2D eigenvalue weighted by Crippen LogP contribution is 2.66. The Morgan fingerprint density at radius 3 is 2.47 bits per heavy atom. The number of thiophene rings is 1. The van der Waals surface area contributed by atoms with E-state index in [-0.39, 0.29) is 0 Å². The van der Waals surface area contributed by atoms with E-state index < -0.39 is 4.87 Å². The molecule has 0 N–H and O–H groups in total. The van der Waals surface area contributed by atoms with Gasteiger partial charge in [-0.1, -0.05) is 110 Å². The first kappa shape index (κ1) is 27.7. The van der Waals surface area contributed by atoms with Gasteiger partial charge in [-0.25, -0.2) is 9.97 Å². The van der Waals surface area contributed by atoms with Crippen LogP contribution in [0, 0.1) is 5.92 Å². The lowest BCUT2D eigenvalue weighted by Crippen LogP contribution is -2.43. The molecule has 2 aliphatic carbocycles. The Labute approximate surface area is 292 Å². The van der Waals surface area contributed by atoms with Gasteiger partial charge in [0.2, 0.25) is 0 Å². The van der Waals surface area contributed by atoms with E-state index in [1.807, 2.05) is 23.1 Å². The van der Waals surface area contributed by atoms with E-state index in [9.17, 15) is 0 Å². The summed E-state index contributed by atoms with van der Waals surface area (Å²) in [5.41, 5.74) is 8.64. The smallest absolute Gasteiger partial charge is 0.162 e. The quantitative estimate of drug-likeness (QED) is 0.184. The van der Waals surface area contributed by atoms with E-state index >= 15 is 0 Å². The Bertz CT molecular complexity index is 2770. The number of aromatic nitrogens is 2. The number of fused-ring (bicyclic) bond motifs is 8. The highest BCUT2D eigenvalue weighted by atomic mass is 32.2. The summed E-state index contributed by atoms with van der Waals surface area (Å²) in [5, 5.41) is 6.09. The predicted molar refractivity (Wildman–Crippen MR) is 208 cm³/mol. The summed E-state index contributed by atoms with van der Waals surface area (Å²) in [6.45, 7) is 2.38. The van der Waals surface area contributed by atoms with Crippen LogP contribution in [-0.4, -0.2) is 9.97 Å². The molecule has 0 amide bonds. The van der Waals surface area contributed by atoms with Crippen molar-refractivity contribution in [3.8, 4) is 11.4 Å². The molecule has 0 saturated heterocycles. The molecule has 232 valence electrons. The van der Waals surface area contributed by atoms with Crippen LogP contribution in [0.15, 0.2) is 150 Å². The summed E-state index contributed by atoms with van der Waals surface area (Å²) in [4.78, 5) is 14.2. The zero-order chi connectivity index (χ0) is 32.3. The standard InChI is InChI=1S/C44H29N3S2/c1-26-11-8-18-34-40(26)30-15-2-5-17-33(30)44(34)47(36-20-9-12-27-13-10-22-39(49-44)41(27)36)43-31-16-3-6-19-35(31)45-42(46-43)28-23-24-38-32(25-28)29-14-4-7-21-37(29)48-38/h2-10,12-26H,11H2,1H3. The highest BCUT2D eigenvalue weighted by molar-refractivity contribution is 8.01. The SMILES string of the molecule is CC1CC=CC2=C1c1ccccc1C21Sc2cccc3cccc(c23)N1c1nc(-c2ccc3sc4ccccc4c3c2)nc2ccccc12. The summed E-state index contributed by atoms with van der Waals surface area (Å²) >= 11 is 3.80. The molecule has 49 heavy (non-hydrogen) atoms. The number of hydrogen-bond donors (Lipinski definition) is 0. The van der Waals surface area contributed by atoms with Gasteiger partial charge in [-0.3, -0.25) is 0 Å². The maximum atomic E-state index is 5.63. The molecule has 0 fully saturated rings. The average Bonchev–Trinajstić information content (AvgIpc) is 3.65.